The van der Waals surface area contributed by atoms with Gasteiger partial charge in [0.15, 0.2) is 0 Å². The molecule has 1 aromatic carbocycles. The first-order valence-corrected chi connectivity index (χ1v) is 6.18. The Bertz CT molecular complexity index is 359. The summed E-state index contributed by atoms with van der Waals surface area (Å²) in [5.74, 6) is 0.0404. The first kappa shape index (κ1) is 13.7. The van der Waals surface area contributed by atoms with Crippen molar-refractivity contribution in [2.75, 3.05) is 18.9 Å². The van der Waals surface area contributed by atoms with Gasteiger partial charge in [-0.3, -0.25) is 9.69 Å². The van der Waals surface area contributed by atoms with Gasteiger partial charge >= 0.3 is 0 Å². The van der Waals surface area contributed by atoms with E-state index in [9.17, 15) is 4.79 Å². The second-order valence-corrected chi connectivity index (χ2v) is 4.29. The summed E-state index contributed by atoms with van der Waals surface area (Å²) in [6.07, 6.45) is 1.02. The summed E-state index contributed by atoms with van der Waals surface area (Å²) in [6, 6.07) is 7.89. The molecule has 94 valence electrons. The summed E-state index contributed by atoms with van der Waals surface area (Å²) < 4.78 is 0. The fourth-order valence-corrected chi connectivity index (χ4v) is 1.54. The number of carbonyl (C=O) groups is 1. The minimum absolute atomic E-state index is 0.0404. The van der Waals surface area contributed by atoms with E-state index in [0.717, 1.165) is 18.7 Å². The Hall–Kier alpha value is -1.35. The number of benzene rings is 1. The maximum Gasteiger partial charge on any atom is 0.241 e. The van der Waals surface area contributed by atoms with Gasteiger partial charge in [-0.25, -0.2) is 0 Å². The zero-order valence-corrected chi connectivity index (χ0v) is 11.2. The van der Waals surface area contributed by atoms with Crippen LogP contribution in [0, 0.1) is 0 Å². The van der Waals surface area contributed by atoms with Crippen LogP contribution >= 0.6 is 0 Å². The summed E-state index contributed by atoms with van der Waals surface area (Å²) in [5, 5.41) is 2.93. The molecule has 1 aromatic rings. The van der Waals surface area contributed by atoms with Gasteiger partial charge in [-0.15, -0.1) is 0 Å². The molecule has 0 saturated carbocycles. The molecule has 0 fully saturated rings. The van der Waals surface area contributed by atoms with Crippen LogP contribution in [0.2, 0.25) is 0 Å². The molecule has 1 rings (SSSR count). The molecule has 0 bridgehead atoms. The molecule has 1 atom stereocenters. The number of nitrogens with zero attached hydrogens (tertiary/aromatic N) is 1. The van der Waals surface area contributed by atoms with Gasteiger partial charge in [0.25, 0.3) is 0 Å². The predicted octanol–water partition coefficient (Wildman–Crippen LogP) is 2.53. The molecule has 3 heteroatoms. The number of likely N-dealkylation sites (N-methyl/N-ethyl adjacent to an activating group) is 1. The average Bonchev–Trinajstić information content (AvgIpc) is 2.37. The van der Waals surface area contributed by atoms with Crippen molar-refractivity contribution in [1.29, 1.82) is 0 Å². The Balaban J connectivity index is 2.61. The Morgan fingerprint density at radius 2 is 1.88 bits per heavy atom. The minimum atomic E-state index is -0.106. The van der Waals surface area contributed by atoms with Gasteiger partial charge in [0.05, 0.1) is 6.04 Å². The highest BCUT2D eigenvalue weighted by Gasteiger charge is 2.16. The van der Waals surface area contributed by atoms with Crippen LogP contribution < -0.4 is 5.32 Å². The van der Waals surface area contributed by atoms with E-state index < -0.39 is 0 Å². The molecular weight excluding hydrogens is 212 g/mol. The zero-order valence-electron chi connectivity index (χ0n) is 11.2. The molecule has 0 heterocycles. The average molecular weight is 234 g/mol. The van der Waals surface area contributed by atoms with Crippen LogP contribution in [0.5, 0.6) is 0 Å². The first-order chi connectivity index (χ1) is 8.08. The van der Waals surface area contributed by atoms with E-state index in [-0.39, 0.29) is 11.9 Å². The Morgan fingerprint density at radius 1 is 1.29 bits per heavy atom. The number of carbonyl (C=O) groups excluding carboxylic acids is 1. The van der Waals surface area contributed by atoms with Gasteiger partial charge in [-0.1, -0.05) is 26.0 Å². The van der Waals surface area contributed by atoms with Crippen LogP contribution in [0.1, 0.15) is 26.3 Å². The minimum Gasteiger partial charge on any atom is -0.325 e. The quantitative estimate of drug-likeness (QED) is 0.849. The van der Waals surface area contributed by atoms with Crippen molar-refractivity contribution in [2.45, 2.75) is 33.2 Å². The number of rotatable bonds is 5. The molecular formula is C14H22N2O. The fourth-order valence-electron chi connectivity index (χ4n) is 1.54. The van der Waals surface area contributed by atoms with E-state index in [1.807, 2.05) is 50.1 Å². The van der Waals surface area contributed by atoms with Crippen LogP contribution in [-0.2, 0) is 11.2 Å². The molecule has 17 heavy (non-hydrogen) atoms. The standard InChI is InChI=1S/C14H22N2O/c1-5-12-7-9-13(10-8-12)15-14(17)11(3)16(4)6-2/h7-11H,5-6H2,1-4H3,(H,15,17). The van der Waals surface area contributed by atoms with Crippen molar-refractivity contribution in [3.8, 4) is 0 Å². The van der Waals surface area contributed by atoms with Crippen molar-refractivity contribution < 1.29 is 4.79 Å². The van der Waals surface area contributed by atoms with Crippen LogP contribution in [-0.4, -0.2) is 30.4 Å². The third kappa shape index (κ3) is 3.86. The lowest BCUT2D eigenvalue weighted by Crippen LogP contribution is -2.39. The van der Waals surface area contributed by atoms with Crippen molar-refractivity contribution >= 4 is 11.6 Å². The maximum absolute atomic E-state index is 11.9. The lowest BCUT2D eigenvalue weighted by Gasteiger charge is -2.22. The highest BCUT2D eigenvalue weighted by molar-refractivity contribution is 5.94. The van der Waals surface area contributed by atoms with Gasteiger partial charge in [0.2, 0.25) is 5.91 Å². The number of anilines is 1. The van der Waals surface area contributed by atoms with Crippen LogP contribution in [0.3, 0.4) is 0 Å². The molecule has 0 aliphatic heterocycles. The van der Waals surface area contributed by atoms with Gasteiger partial charge in [0.1, 0.15) is 0 Å². The molecule has 0 radical (unpaired) electrons. The Morgan fingerprint density at radius 3 is 2.35 bits per heavy atom. The highest BCUT2D eigenvalue weighted by atomic mass is 16.2. The monoisotopic (exact) mass is 234 g/mol. The Kier molecular flexibility index (Phi) is 5.16. The van der Waals surface area contributed by atoms with Crippen molar-refractivity contribution in [1.82, 2.24) is 4.90 Å². The topological polar surface area (TPSA) is 32.3 Å². The molecule has 0 saturated heterocycles. The van der Waals surface area contributed by atoms with Crippen molar-refractivity contribution in [2.24, 2.45) is 0 Å². The molecule has 1 N–H and O–H groups in total. The molecule has 0 aliphatic rings. The van der Waals surface area contributed by atoms with Crippen LogP contribution in [0.25, 0.3) is 0 Å². The lowest BCUT2D eigenvalue weighted by molar-refractivity contribution is -0.120. The fraction of sp³-hybridized carbons (Fsp3) is 0.500. The number of hydrogen-bond donors (Lipinski definition) is 1. The normalized spacial score (nSPS) is 12.5. The van der Waals surface area contributed by atoms with E-state index in [2.05, 4.69) is 12.2 Å². The third-order valence-electron chi connectivity index (χ3n) is 3.17. The predicted molar refractivity (Wildman–Crippen MR) is 72.2 cm³/mol. The van der Waals surface area contributed by atoms with E-state index in [0.29, 0.717) is 0 Å². The summed E-state index contributed by atoms with van der Waals surface area (Å²) in [4.78, 5) is 13.9. The molecule has 1 amide bonds. The van der Waals surface area contributed by atoms with Crippen LogP contribution in [0.4, 0.5) is 5.69 Å². The number of aryl methyl sites for hydroxylation is 1. The van der Waals surface area contributed by atoms with Gasteiger partial charge in [-0.2, -0.15) is 0 Å². The van der Waals surface area contributed by atoms with Crippen LogP contribution in [0.15, 0.2) is 24.3 Å². The second-order valence-electron chi connectivity index (χ2n) is 4.29. The first-order valence-electron chi connectivity index (χ1n) is 6.18. The number of amides is 1. The summed E-state index contributed by atoms with van der Waals surface area (Å²) in [6.45, 7) is 6.94. The third-order valence-corrected chi connectivity index (χ3v) is 3.17. The molecule has 1 unspecified atom stereocenters. The largest absolute Gasteiger partial charge is 0.325 e. The van der Waals surface area contributed by atoms with Crippen molar-refractivity contribution in [3.05, 3.63) is 29.8 Å². The molecule has 0 spiro atoms. The highest BCUT2D eigenvalue weighted by Crippen LogP contribution is 2.11. The smallest absolute Gasteiger partial charge is 0.241 e. The van der Waals surface area contributed by atoms with Gasteiger partial charge in [-0.05, 0) is 44.6 Å². The lowest BCUT2D eigenvalue weighted by atomic mass is 10.1. The Labute approximate surface area is 104 Å². The van der Waals surface area contributed by atoms with Gasteiger partial charge in [0, 0.05) is 5.69 Å². The summed E-state index contributed by atoms with van der Waals surface area (Å²) in [7, 11) is 1.95. The molecule has 0 aliphatic carbocycles. The maximum atomic E-state index is 11.9. The van der Waals surface area contributed by atoms with Crippen molar-refractivity contribution in [3.63, 3.8) is 0 Å². The van der Waals surface area contributed by atoms with E-state index in [4.69, 9.17) is 0 Å². The number of hydrogen-bond acceptors (Lipinski definition) is 2. The molecule has 3 nitrogen and oxygen atoms in total. The van der Waals surface area contributed by atoms with Gasteiger partial charge < -0.3 is 5.32 Å². The van der Waals surface area contributed by atoms with E-state index >= 15 is 0 Å². The second kappa shape index (κ2) is 6.40. The van der Waals surface area contributed by atoms with E-state index in [1.165, 1.54) is 5.56 Å². The number of nitrogens with one attached hydrogen (secondary N) is 1. The SMILES string of the molecule is CCc1ccc(NC(=O)C(C)N(C)CC)cc1. The summed E-state index contributed by atoms with van der Waals surface area (Å²) >= 11 is 0. The summed E-state index contributed by atoms with van der Waals surface area (Å²) in [5.41, 5.74) is 2.14. The zero-order chi connectivity index (χ0) is 12.8. The van der Waals surface area contributed by atoms with E-state index in [1.54, 1.807) is 0 Å². The molecule has 0 aromatic heterocycles.